The summed E-state index contributed by atoms with van der Waals surface area (Å²) in [4.78, 5) is 42.3. The number of nitro benzene ring substituents is 1. The molecule has 1 amide bonds. The number of esters is 1. The highest BCUT2D eigenvalue weighted by atomic mass is 35.5. The molecule has 9 nitrogen and oxygen atoms in total. The van der Waals surface area contributed by atoms with Crippen molar-refractivity contribution in [3.8, 4) is 0 Å². The molecule has 1 N–H and O–H groups in total. The number of amides is 1. The van der Waals surface area contributed by atoms with Crippen molar-refractivity contribution in [3.63, 3.8) is 0 Å². The SMILES string of the molecule is O=C(COC(=O)c1cc2ccccc2nc1N1CCCC1)Nc1ccc(Cl)cc1[N+](=O)[O-]. The molecule has 0 spiro atoms. The summed E-state index contributed by atoms with van der Waals surface area (Å²) < 4.78 is 5.22. The lowest BCUT2D eigenvalue weighted by Crippen LogP contribution is -2.25. The van der Waals surface area contributed by atoms with Crippen LogP contribution in [0.5, 0.6) is 0 Å². The third-order valence-corrected chi connectivity index (χ3v) is 5.33. The lowest BCUT2D eigenvalue weighted by Gasteiger charge is -2.20. The number of hydrogen-bond donors (Lipinski definition) is 1. The molecule has 10 heteroatoms. The molecular weight excluding hydrogens is 436 g/mol. The van der Waals surface area contributed by atoms with Crippen LogP contribution in [0.25, 0.3) is 10.9 Å². The van der Waals surface area contributed by atoms with Crippen molar-refractivity contribution in [1.29, 1.82) is 0 Å². The van der Waals surface area contributed by atoms with Gasteiger partial charge in [-0.25, -0.2) is 9.78 Å². The molecule has 164 valence electrons. The predicted octanol–water partition coefficient (Wildman–Crippen LogP) is 4.19. The van der Waals surface area contributed by atoms with E-state index in [9.17, 15) is 19.7 Å². The maximum absolute atomic E-state index is 12.8. The fourth-order valence-corrected chi connectivity index (χ4v) is 3.75. The van der Waals surface area contributed by atoms with Crippen molar-refractivity contribution < 1.29 is 19.2 Å². The van der Waals surface area contributed by atoms with Crippen LogP contribution in [-0.2, 0) is 9.53 Å². The summed E-state index contributed by atoms with van der Waals surface area (Å²) in [7, 11) is 0. The molecule has 1 saturated heterocycles. The molecule has 32 heavy (non-hydrogen) atoms. The van der Waals surface area contributed by atoms with E-state index in [1.165, 1.54) is 12.1 Å². The van der Waals surface area contributed by atoms with Crippen molar-refractivity contribution in [2.45, 2.75) is 12.8 Å². The van der Waals surface area contributed by atoms with E-state index in [0.717, 1.165) is 42.9 Å². The van der Waals surface area contributed by atoms with Crippen LogP contribution in [0.4, 0.5) is 17.2 Å². The number of nitrogens with zero attached hydrogens (tertiary/aromatic N) is 3. The first-order valence-corrected chi connectivity index (χ1v) is 10.4. The highest BCUT2D eigenvalue weighted by Gasteiger charge is 2.24. The van der Waals surface area contributed by atoms with Gasteiger partial charge in [0.1, 0.15) is 17.1 Å². The van der Waals surface area contributed by atoms with Crippen LogP contribution < -0.4 is 10.2 Å². The van der Waals surface area contributed by atoms with Crippen molar-refractivity contribution in [2.75, 3.05) is 29.9 Å². The lowest BCUT2D eigenvalue weighted by atomic mass is 10.1. The third kappa shape index (κ3) is 4.62. The Bertz CT molecular complexity index is 1210. The van der Waals surface area contributed by atoms with Crippen LogP contribution in [0, 0.1) is 10.1 Å². The Hall–Kier alpha value is -3.72. The summed E-state index contributed by atoms with van der Waals surface area (Å²) in [6, 6.07) is 13.0. The zero-order valence-electron chi connectivity index (χ0n) is 16.9. The Morgan fingerprint density at radius 3 is 2.66 bits per heavy atom. The molecule has 3 aromatic rings. The fourth-order valence-electron chi connectivity index (χ4n) is 3.58. The van der Waals surface area contributed by atoms with Crippen LogP contribution in [0.2, 0.25) is 5.02 Å². The van der Waals surface area contributed by atoms with E-state index in [-0.39, 0.29) is 22.0 Å². The smallest absolute Gasteiger partial charge is 0.342 e. The number of aromatic nitrogens is 1. The molecule has 1 aromatic heterocycles. The zero-order chi connectivity index (χ0) is 22.7. The number of pyridine rings is 1. The minimum Gasteiger partial charge on any atom is -0.452 e. The van der Waals surface area contributed by atoms with Crippen molar-refractivity contribution in [2.24, 2.45) is 0 Å². The van der Waals surface area contributed by atoms with Crippen molar-refractivity contribution >= 4 is 51.6 Å². The summed E-state index contributed by atoms with van der Waals surface area (Å²) in [5.41, 5.74) is 0.646. The highest BCUT2D eigenvalue weighted by molar-refractivity contribution is 6.31. The molecule has 0 saturated carbocycles. The normalized spacial score (nSPS) is 13.2. The molecule has 1 aliphatic rings. The number of halogens is 1. The second kappa shape index (κ2) is 9.19. The summed E-state index contributed by atoms with van der Waals surface area (Å²) in [5, 5.41) is 14.5. The number of carbonyl (C=O) groups is 2. The van der Waals surface area contributed by atoms with Gasteiger partial charge in [-0.1, -0.05) is 29.8 Å². The van der Waals surface area contributed by atoms with Gasteiger partial charge >= 0.3 is 5.97 Å². The first-order chi connectivity index (χ1) is 15.4. The molecule has 4 rings (SSSR count). The monoisotopic (exact) mass is 454 g/mol. The number of nitro groups is 1. The predicted molar refractivity (Wildman–Crippen MR) is 120 cm³/mol. The second-order valence-electron chi connectivity index (χ2n) is 7.29. The van der Waals surface area contributed by atoms with Gasteiger partial charge in [0.2, 0.25) is 0 Å². The number of rotatable bonds is 6. The van der Waals surface area contributed by atoms with Crippen molar-refractivity contribution in [1.82, 2.24) is 4.98 Å². The largest absolute Gasteiger partial charge is 0.452 e. The number of para-hydroxylation sites is 1. The maximum Gasteiger partial charge on any atom is 0.342 e. The molecule has 2 heterocycles. The summed E-state index contributed by atoms with van der Waals surface area (Å²) in [6.45, 7) is 0.962. The van der Waals surface area contributed by atoms with E-state index >= 15 is 0 Å². The van der Waals surface area contributed by atoms with Gasteiger partial charge in [-0.05, 0) is 37.1 Å². The maximum atomic E-state index is 12.8. The average molecular weight is 455 g/mol. The number of carbonyl (C=O) groups excluding carboxylic acids is 2. The minimum absolute atomic E-state index is 0.0365. The molecular formula is C22H19ClN4O5. The molecule has 0 unspecified atom stereocenters. The summed E-state index contributed by atoms with van der Waals surface area (Å²) in [6.07, 6.45) is 2.01. The Labute approximate surface area is 188 Å². The van der Waals surface area contributed by atoms with Gasteiger partial charge in [0.25, 0.3) is 11.6 Å². The van der Waals surface area contributed by atoms with E-state index in [2.05, 4.69) is 10.3 Å². The summed E-state index contributed by atoms with van der Waals surface area (Å²) >= 11 is 5.78. The quantitative estimate of drug-likeness (QED) is 0.337. The number of fused-ring (bicyclic) bond motifs is 1. The number of ether oxygens (including phenoxy) is 1. The van der Waals surface area contributed by atoms with E-state index in [0.29, 0.717) is 5.82 Å². The molecule has 1 aliphatic heterocycles. The molecule has 1 fully saturated rings. The third-order valence-electron chi connectivity index (χ3n) is 5.09. The second-order valence-corrected chi connectivity index (χ2v) is 7.73. The number of hydrogen-bond acceptors (Lipinski definition) is 7. The molecule has 2 aromatic carbocycles. The molecule has 0 bridgehead atoms. The zero-order valence-corrected chi connectivity index (χ0v) is 17.7. The Balaban J connectivity index is 1.51. The van der Waals surface area contributed by atoms with Gasteiger partial charge in [0.05, 0.1) is 10.4 Å². The molecule has 0 radical (unpaired) electrons. The number of benzene rings is 2. The summed E-state index contributed by atoms with van der Waals surface area (Å²) in [5.74, 6) is -0.869. The van der Waals surface area contributed by atoms with Crippen LogP contribution >= 0.6 is 11.6 Å². The fraction of sp³-hybridized carbons (Fsp3) is 0.227. The Kier molecular flexibility index (Phi) is 6.18. The van der Waals surface area contributed by atoms with E-state index in [4.69, 9.17) is 16.3 Å². The van der Waals surface area contributed by atoms with Crippen LogP contribution in [-0.4, -0.2) is 41.5 Å². The van der Waals surface area contributed by atoms with Gasteiger partial charge < -0.3 is 15.0 Å². The van der Waals surface area contributed by atoms with E-state index < -0.39 is 23.4 Å². The first-order valence-electron chi connectivity index (χ1n) is 9.98. The van der Waals surface area contributed by atoms with Gasteiger partial charge in [-0.15, -0.1) is 0 Å². The molecule has 0 atom stereocenters. The number of anilines is 2. The first kappa shape index (κ1) is 21.5. The van der Waals surface area contributed by atoms with Crippen LogP contribution in [0.3, 0.4) is 0 Å². The van der Waals surface area contributed by atoms with Crippen LogP contribution in [0.1, 0.15) is 23.2 Å². The Morgan fingerprint density at radius 2 is 1.91 bits per heavy atom. The van der Waals surface area contributed by atoms with Gasteiger partial charge in [-0.2, -0.15) is 0 Å². The van der Waals surface area contributed by atoms with E-state index in [1.54, 1.807) is 6.07 Å². The topological polar surface area (TPSA) is 115 Å². The highest BCUT2D eigenvalue weighted by Crippen LogP contribution is 2.29. The van der Waals surface area contributed by atoms with E-state index in [1.807, 2.05) is 29.2 Å². The van der Waals surface area contributed by atoms with Crippen molar-refractivity contribution in [3.05, 3.63) is 69.2 Å². The molecule has 0 aliphatic carbocycles. The van der Waals surface area contributed by atoms with Crippen LogP contribution in [0.15, 0.2) is 48.5 Å². The standard InChI is InChI=1S/C22H19ClN4O5/c23-15-7-8-18(19(12-15)27(30)31)24-20(28)13-32-22(29)16-11-14-5-1-2-6-17(14)25-21(16)26-9-3-4-10-26/h1-2,5-8,11-12H,3-4,9-10,13H2,(H,24,28). The number of nitrogens with one attached hydrogen (secondary N) is 1. The average Bonchev–Trinajstić information content (AvgIpc) is 3.32. The minimum atomic E-state index is -0.708. The lowest BCUT2D eigenvalue weighted by molar-refractivity contribution is -0.383. The van der Waals surface area contributed by atoms with Gasteiger partial charge in [0.15, 0.2) is 6.61 Å². The van der Waals surface area contributed by atoms with Gasteiger partial charge in [-0.3, -0.25) is 14.9 Å². The Morgan fingerprint density at radius 1 is 1.16 bits per heavy atom. The van der Waals surface area contributed by atoms with Gasteiger partial charge in [0, 0.05) is 29.6 Å².